The molecule has 0 aliphatic rings. The van der Waals surface area contributed by atoms with Gasteiger partial charge in [-0.05, 0) is 48.7 Å². The molecule has 3 aromatic rings. The van der Waals surface area contributed by atoms with Gasteiger partial charge in [0.15, 0.2) is 0 Å². The van der Waals surface area contributed by atoms with Gasteiger partial charge in [0.1, 0.15) is 11.3 Å². The molecule has 2 aromatic carbocycles. The molecule has 0 saturated carbocycles. The predicted molar refractivity (Wildman–Crippen MR) is 88.6 cm³/mol. The van der Waals surface area contributed by atoms with Gasteiger partial charge in [-0.25, -0.2) is 4.79 Å². The third-order valence-corrected chi connectivity index (χ3v) is 3.88. The van der Waals surface area contributed by atoms with Crippen molar-refractivity contribution < 1.29 is 9.15 Å². The molecule has 0 bridgehead atoms. The third kappa shape index (κ3) is 2.39. The minimum absolute atomic E-state index is 0.304. The number of rotatable bonds is 3. The molecule has 0 atom stereocenters. The SMILES string of the molecule is CCc1c(-c2cccc(OC)c2)c(=O)oc2ccc(C)cc12. The van der Waals surface area contributed by atoms with E-state index in [1.54, 1.807) is 7.11 Å². The van der Waals surface area contributed by atoms with Crippen LogP contribution in [-0.2, 0) is 6.42 Å². The summed E-state index contributed by atoms with van der Waals surface area (Å²) in [6, 6.07) is 13.4. The molecule has 0 fully saturated rings. The largest absolute Gasteiger partial charge is 0.497 e. The molecule has 0 radical (unpaired) electrons. The van der Waals surface area contributed by atoms with Gasteiger partial charge in [-0.1, -0.05) is 30.7 Å². The zero-order valence-electron chi connectivity index (χ0n) is 13.0. The molecule has 0 saturated heterocycles. The minimum atomic E-state index is -0.304. The van der Waals surface area contributed by atoms with Gasteiger partial charge in [0.05, 0.1) is 12.7 Å². The van der Waals surface area contributed by atoms with Crippen molar-refractivity contribution in [3.63, 3.8) is 0 Å². The molecular weight excluding hydrogens is 276 g/mol. The van der Waals surface area contributed by atoms with Crippen molar-refractivity contribution in [2.24, 2.45) is 0 Å². The van der Waals surface area contributed by atoms with Crippen molar-refractivity contribution in [2.75, 3.05) is 7.11 Å². The van der Waals surface area contributed by atoms with E-state index in [1.807, 2.05) is 43.3 Å². The molecule has 0 N–H and O–H groups in total. The van der Waals surface area contributed by atoms with E-state index in [2.05, 4.69) is 13.0 Å². The lowest BCUT2D eigenvalue weighted by Crippen LogP contribution is -2.08. The average molecular weight is 294 g/mol. The summed E-state index contributed by atoms with van der Waals surface area (Å²) in [6.07, 6.45) is 0.762. The van der Waals surface area contributed by atoms with Crippen LogP contribution in [0.1, 0.15) is 18.1 Å². The quantitative estimate of drug-likeness (QED) is 0.675. The van der Waals surface area contributed by atoms with Crippen molar-refractivity contribution in [3.8, 4) is 16.9 Å². The predicted octanol–water partition coefficient (Wildman–Crippen LogP) is 4.34. The molecule has 3 heteroatoms. The van der Waals surface area contributed by atoms with E-state index in [0.717, 1.165) is 34.2 Å². The van der Waals surface area contributed by atoms with Crippen LogP contribution in [0.2, 0.25) is 0 Å². The van der Waals surface area contributed by atoms with Crippen molar-refractivity contribution in [1.29, 1.82) is 0 Å². The van der Waals surface area contributed by atoms with Crippen LogP contribution in [0.15, 0.2) is 51.7 Å². The standard InChI is InChI=1S/C19H18O3/c1-4-15-16-10-12(2)8-9-17(16)22-19(20)18(15)13-6-5-7-14(11-13)21-3/h5-11H,4H2,1-3H3. The zero-order valence-corrected chi connectivity index (χ0v) is 13.0. The Hall–Kier alpha value is -2.55. The molecule has 0 amide bonds. The molecule has 1 aromatic heterocycles. The van der Waals surface area contributed by atoms with Gasteiger partial charge >= 0.3 is 5.63 Å². The fourth-order valence-electron chi connectivity index (χ4n) is 2.82. The van der Waals surface area contributed by atoms with Crippen LogP contribution in [-0.4, -0.2) is 7.11 Å². The molecule has 112 valence electrons. The molecule has 0 aliphatic carbocycles. The number of hydrogen-bond donors (Lipinski definition) is 0. The Morgan fingerprint density at radius 3 is 2.68 bits per heavy atom. The molecule has 1 heterocycles. The Bertz CT molecular complexity index is 891. The van der Waals surface area contributed by atoms with E-state index in [4.69, 9.17) is 9.15 Å². The van der Waals surface area contributed by atoms with Crippen LogP contribution in [0.3, 0.4) is 0 Å². The van der Waals surface area contributed by atoms with Gasteiger partial charge in [0.2, 0.25) is 0 Å². The average Bonchev–Trinajstić information content (AvgIpc) is 2.54. The summed E-state index contributed by atoms with van der Waals surface area (Å²) in [4.78, 5) is 12.5. The summed E-state index contributed by atoms with van der Waals surface area (Å²) in [7, 11) is 1.62. The highest BCUT2D eigenvalue weighted by molar-refractivity contribution is 5.87. The van der Waals surface area contributed by atoms with E-state index >= 15 is 0 Å². The Kier molecular flexibility index (Phi) is 3.72. The first-order chi connectivity index (χ1) is 10.6. The highest BCUT2D eigenvalue weighted by Gasteiger charge is 2.15. The van der Waals surface area contributed by atoms with Crippen LogP contribution in [0.25, 0.3) is 22.1 Å². The molecular formula is C19H18O3. The Balaban J connectivity index is 2.37. The summed E-state index contributed by atoms with van der Waals surface area (Å²) in [5, 5.41) is 1.000. The summed E-state index contributed by atoms with van der Waals surface area (Å²) in [6.45, 7) is 4.09. The number of fused-ring (bicyclic) bond motifs is 1. The highest BCUT2D eigenvalue weighted by Crippen LogP contribution is 2.30. The van der Waals surface area contributed by atoms with Crippen molar-refractivity contribution in [3.05, 3.63) is 64.0 Å². The van der Waals surface area contributed by atoms with Gasteiger partial charge < -0.3 is 9.15 Å². The maximum atomic E-state index is 12.5. The third-order valence-electron chi connectivity index (χ3n) is 3.88. The lowest BCUT2D eigenvalue weighted by atomic mass is 9.96. The van der Waals surface area contributed by atoms with Crippen LogP contribution >= 0.6 is 0 Å². The van der Waals surface area contributed by atoms with Crippen molar-refractivity contribution in [2.45, 2.75) is 20.3 Å². The summed E-state index contributed by atoms with van der Waals surface area (Å²) in [5.41, 5.74) is 3.95. The molecule has 3 rings (SSSR count). The topological polar surface area (TPSA) is 39.4 Å². The second-order valence-corrected chi connectivity index (χ2v) is 5.33. The first kappa shape index (κ1) is 14.4. The van der Waals surface area contributed by atoms with E-state index in [9.17, 15) is 4.79 Å². The highest BCUT2D eigenvalue weighted by atomic mass is 16.5. The van der Waals surface area contributed by atoms with Gasteiger partial charge in [0.25, 0.3) is 0 Å². The lowest BCUT2D eigenvalue weighted by molar-refractivity contribution is 0.415. The summed E-state index contributed by atoms with van der Waals surface area (Å²) in [5.74, 6) is 0.725. The normalized spacial score (nSPS) is 10.9. The molecule has 0 aliphatic heterocycles. The number of ether oxygens (including phenoxy) is 1. The van der Waals surface area contributed by atoms with Gasteiger partial charge in [-0.2, -0.15) is 0 Å². The van der Waals surface area contributed by atoms with Gasteiger partial charge in [0, 0.05) is 5.39 Å². The fourth-order valence-corrected chi connectivity index (χ4v) is 2.82. The zero-order chi connectivity index (χ0) is 15.7. The number of benzene rings is 2. The minimum Gasteiger partial charge on any atom is -0.497 e. The van der Waals surface area contributed by atoms with Gasteiger partial charge in [-0.15, -0.1) is 0 Å². The monoisotopic (exact) mass is 294 g/mol. The molecule has 0 unspecified atom stereocenters. The van der Waals surface area contributed by atoms with E-state index in [1.165, 1.54) is 0 Å². The number of aryl methyl sites for hydroxylation is 2. The van der Waals surface area contributed by atoms with Gasteiger partial charge in [-0.3, -0.25) is 0 Å². The molecule has 0 spiro atoms. The second kappa shape index (κ2) is 5.68. The Morgan fingerprint density at radius 2 is 1.95 bits per heavy atom. The lowest BCUT2D eigenvalue weighted by Gasteiger charge is -2.11. The van der Waals surface area contributed by atoms with Crippen molar-refractivity contribution in [1.82, 2.24) is 0 Å². The van der Waals surface area contributed by atoms with E-state index in [-0.39, 0.29) is 5.63 Å². The number of methoxy groups -OCH3 is 1. The van der Waals surface area contributed by atoms with Crippen LogP contribution < -0.4 is 10.4 Å². The van der Waals surface area contributed by atoms with E-state index in [0.29, 0.717) is 11.1 Å². The Labute approximate surface area is 129 Å². The first-order valence-electron chi connectivity index (χ1n) is 7.34. The fraction of sp³-hybridized carbons (Fsp3) is 0.211. The summed E-state index contributed by atoms with van der Waals surface area (Å²) >= 11 is 0. The first-order valence-corrected chi connectivity index (χ1v) is 7.34. The second-order valence-electron chi connectivity index (χ2n) is 5.33. The molecule has 3 nitrogen and oxygen atoms in total. The summed E-state index contributed by atoms with van der Waals surface area (Å²) < 4.78 is 10.8. The number of hydrogen-bond acceptors (Lipinski definition) is 3. The maximum Gasteiger partial charge on any atom is 0.344 e. The van der Waals surface area contributed by atoms with Crippen molar-refractivity contribution >= 4 is 11.0 Å². The Morgan fingerprint density at radius 1 is 1.14 bits per heavy atom. The molecule has 22 heavy (non-hydrogen) atoms. The van der Waals surface area contributed by atoms with E-state index < -0.39 is 0 Å². The van der Waals surface area contributed by atoms with Crippen LogP contribution in [0.4, 0.5) is 0 Å². The smallest absolute Gasteiger partial charge is 0.344 e. The van der Waals surface area contributed by atoms with Crippen LogP contribution in [0.5, 0.6) is 5.75 Å². The maximum absolute atomic E-state index is 12.5. The van der Waals surface area contributed by atoms with Crippen LogP contribution in [0, 0.1) is 6.92 Å².